The van der Waals surface area contributed by atoms with Crippen molar-refractivity contribution in [1.29, 1.82) is 0 Å². The van der Waals surface area contributed by atoms with E-state index in [1.165, 1.54) is 15.7 Å². The van der Waals surface area contributed by atoms with E-state index in [0.29, 0.717) is 25.0 Å². The normalized spacial score (nSPS) is 15.9. The van der Waals surface area contributed by atoms with Crippen LogP contribution in [0.3, 0.4) is 0 Å². The molecule has 2 aromatic rings. The summed E-state index contributed by atoms with van der Waals surface area (Å²) in [5.74, 6) is 4.78. The Morgan fingerprint density at radius 3 is 2.55 bits per heavy atom. The van der Waals surface area contributed by atoms with Crippen LogP contribution in [0.15, 0.2) is 67.4 Å². The molecule has 2 heterocycles. The third-order valence-electron chi connectivity index (χ3n) is 5.10. The minimum absolute atomic E-state index is 0.536. The van der Waals surface area contributed by atoms with E-state index < -0.39 is 24.0 Å². The van der Waals surface area contributed by atoms with E-state index in [-0.39, 0.29) is 0 Å². The van der Waals surface area contributed by atoms with Crippen molar-refractivity contribution in [3.63, 3.8) is 0 Å². The summed E-state index contributed by atoms with van der Waals surface area (Å²) < 4.78 is 1.26. The molecule has 1 aliphatic rings. The average molecular weight is 418 g/mol. The summed E-state index contributed by atoms with van der Waals surface area (Å²) in [5.41, 5.74) is 1.38. The summed E-state index contributed by atoms with van der Waals surface area (Å²) in [7, 11) is 0. The van der Waals surface area contributed by atoms with E-state index in [9.17, 15) is 19.8 Å². The average Bonchev–Trinajstić information content (AvgIpc) is 3.46. The number of carbonyl (C=O) groups excluding carboxylic acids is 2. The Kier molecular flexibility index (Phi) is 7.60. The Labute approximate surface area is 181 Å². The van der Waals surface area contributed by atoms with Crippen LogP contribution in [0, 0.1) is 11.8 Å². The maximum atomic E-state index is 12.7. The number of fused-ring (bicyclic) bond motifs is 1. The molecule has 1 fully saturated rings. The number of allylic oxidation sites excluding steroid dienone is 5. The number of hydrogen-bond acceptors (Lipinski definition) is 4. The Balaban J connectivity index is 1.70. The highest BCUT2D eigenvalue weighted by Gasteiger charge is 2.35. The highest BCUT2D eigenvalue weighted by Crippen LogP contribution is 2.19. The van der Waals surface area contributed by atoms with Crippen molar-refractivity contribution in [2.75, 3.05) is 13.1 Å². The molecule has 2 N–H and O–H groups in total. The largest absolute Gasteiger partial charge is 0.380 e. The van der Waals surface area contributed by atoms with Crippen molar-refractivity contribution in [2.24, 2.45) is 0 Å². The molecule has 0 radical (unpaired) electrons. The number of nitrogens with zero attached hydrogens (tertiary/aromatic N) is 2. The quantitative estimate of drug-likeness (QED) is 0.558. The summed E-state index contributed by atoms with van der Waals surface area (Å²) in [4.78, 5) is 26.5. The second-order valence-electron chi connectivity index (χ2n) is 7.27. The number of carbonyl (C=O) groups is 2. The first kappa shape index (κ1) is 22.3. The molecular formula is C25H26N2O4. The molecule has 1 aromatic carbocycles. The standard InChI is InChI=1S/C25H26N2O4/c1-2-3-4-5-6-7-8-11-19-12-13-21-20(18-19)14-17-27(21)25(31)23(29)22(28)24(30)26-15-9-10-16-26/h2-6,12-14,17-18,22-23,28-29H,1,7,9-10,15-16H2/b4-3-,6-5-. The Hall–Kier alpha value is -3.40. The topological polar surface area (TPSA) is 82.8 Å². The van der Waals surface area contributed by atoms with E-state index in [2.05, 4.69) is 18.4 Å². The maximum Gasteiger partial charge on any atom is 0.263 e. The predicted octanol–water partition coefficient (Wildman–Crippen LogP) is 2.67. The first-order chi connectivity index (χ1) is 15.0. The zero-order valence-electron chi connectivity index (χ0n) is 17.3. The lowest BCUT2D eigenvalue weighted by Crippen LogP contribution is -2.48. The molecule has 1 amide bonds. The lowest BCUT2D eigenvalue weighted by molar-refractivity contribution is -0.143. The number of hydrogen-bond donors (Lipinski definition) is 2. The predicted molar refractivity (Wildman–Crippen MR) is 120 cm³/mol. The second kappa shape index (κ2) is 10.6. The molecule has 0 aliphatic carbocycles. The molecule has 3 rings (SSSR count). The van der Waals surface area contributed by atoms with Crippen molar-refractivity contribution in [1.82, 2.24) is 9.47 Å². The van der Waals surface area contributed by atoms with Crippen LogP contribution in [-0.2, 0) is 4.79 Å². The summed E-state index contributed by atoms with van der Waals surface area (Å²) in [6.07, 6.45) is 9.50. The molecule has 0 saturated carbocycles. The van der Waals surface area contributed by atoms with Gasteiger partial charge in [0.25, 0.3) is 11.8 Å². The monoisotopic (exact) mass is 418 g/mol. The number of benzene rings is 1. The first-order valence-corrected chi connectivity index (χ1v) is 10.3. The number of amides is 1. The minimum Gasteiger partial charge on any atom is -0.380 e. The van der Waals surface area contributed by atoms with E-state index >= 15 is 0 Å². The number of rotatable bonds is 6. The van der Waals surface area contributed by atoms with Gasteiger partial charge in [0.15, 0.2) is 12.2 Å². The third kappa shape index (κ3) is 5.40. The van der Waals surface area contributed by atoms with E-state index in [0.717, 1.165) is 23.8 Å². The van der Waals surface area contributed by atoms with Crippen molar-refractivity contribution in [3.8, 4) is 11.8 Å². The molecule has 1 saturated heterocycles. The van der Waals surface area contributed by atoms with Crippen LogP contribution in [0.4, 0.5) is 0 Å². The van der Waals surface area contributed by atoms with Crippen LogP contribution in [0.1, 0.15) is 29.6 Å². The van der Waals surface area contributed by atoms with Gasteiger partial charge in [0, 0.05) is 36.7 Å². The molecule has 2 unspecified atom stereocenters. The molecule has 1 aromatic heterocycles. The number of likely N-dealkylation sites (tertiary alicyclic amines) is 1. The summed E-state index contributed by atoms with van der Waals surface area (Å²) in [6, 6.07) is 7.12. The molecule has 6 heteroatoms. The highest BCUT2D eigenvalue weighted by molar-refractivity contribution is 5.98. The first-order valence-electron chi connectivity index (χ1n) is 10.3. The fourth-order valence-corrected chi connectivity index (χ4v) is 3.45. The van der Waals surface area contributed by atoms with Crippen LogP contribution in [-0.4, -0.2) is 56.8 Å². The second-order valence-corrected chi connectivity index (χ2v) is 7.27. The van der Waals surface area contributed by atoms with Crippen molar-refractivity contribution in [3.05, 3.63) is 73.0 Å². The van der Waals surface area contributed by atoms with Gasteiger partial charge in [0.1, 0.15) is 0 Å². The van der Waals surface area contributed by atoms with E-state index in [1.807, 2.05) is 30.4 Å². The van der Waals surface area contributed by atoms with Crippen molar-refractivity contribution in [2.45, 2.75) is 31.5 Å². The fraction of sp³-hybridized carbons (Fsp3) is 0.280. The maximum absolute atomic E-state index is 12.7. The van der Waals surface area contributed by atoms with Gasteiger partial charge in [0.05, 0.1) is 5.52 Å². The summed E-state index contributed by atoms with van der Waals surface area (Å²) in [5, 5.41) is 21.3. The van der Waals surface area contributed by atoms with Gasteiger partial charge in [-0.2, -0.15) is 0 Å². The van der Waals surface area contributed by atoms with Crippen LogP contribution in [0.2, 0.25) is 0 Å². The van der Waals surface area contributed by atoms with Gasteiger partial charge in [-0.3, -0.25) is 14.2 Å². The van der Waals surface area contributed by atoms with Crippen LogP contribution >= 0.6 is 0 Å². The molecule has 31 heavy (non-hydrogen) atoms. The minimum atomic E-state index is -1.83. The molecule has 6 nitrogen and oxygen atoms in total. The van der Waals surface area contributed by atoms with Gasteiger partial charge in [0.2, 0.25) is 0 Å². The molecule has 2 atom stereocenters. The highest BCUT2D eigenvalue weighted by atomic mass is 16.3. The van der Waals surface area contributed by atoms with E-state index in [4.69, 9.17) is 0 Å². The molecular weight excluding hydrogens is 392 g/mol. The summed E-state index contributed by atoms with van der Waals surface area (Å²) >= 11 is 0. The Morgan fingerprint density at radius 1 is 1.06 bits per heavy atom. The zero-order valence-corrected chi connectivity index (χ0v) is 17.3. The summed E-state index contributed by atoms with van der Waals surface area (Å²) in [6.45, 7) is 4.67. The molecule has 1 aliphatic heterocycles. The van der Waals surface area contributed by atoms with Gasteiger partial charge in [-0.25, -0.2) is 0 Å². The van der Waals surface area contributed by atoms with Crippen LogP contribution in [0.5, 0.6) is 0 Å². The number of aliphatic hydroxyl groups is 2. The lowest BCUT2D eigenvalue weighted by atomic mass is 10.1. The van der Waals surface area contributed by atoms with Crippen LogP contribution < -0.4 is 0 Å². The third-order valence-corrected chi connectivity index (χ3v) is 5.10. The Bertz CT molecular complexity index is 1080. The van der Waals surface area contributed by atoms with Gasteiger partial charge >= 0.3 is 0 Å². The van der Waals surface area contributed by atoms with Crippen molar-refractivity contribution >= 4 is 22.7 Å². The number of aromatic nitrogens is 1. The van der Waals surface area contributed by atoms with E-state index in [1.54, 1.807) is 24.3 Å². The smallest absolute Gasteiger partial charge is 0.263 e. The Morgan fingerprint density at radius 2 is 1.81 bits per heavy atom. The van der Waals surface area contributed by atoms with Crippen LogP contribution in [0.25, 0.3) is 10.9 Å². The number of aliphatic hydroxyl groups excluding tert-OH is 2. The zero-order chi connectivity index (χ0) is 22.2. The SMILES string of the molecule is C=C/C=C\C=C/CC#Cc1ccc2c(ccn2C(=O)C(O)C(O)C(=O)N2CCCC2)c1. The van der Waals surface area contributed by atoms with Gasteiger partial charge in [-0.05, 0) is 37.1 Å². The van der Waals surface area contributed by atoms with Crippen molar-refractivity contribution < 1.29 is 19.8 Å². The molecule has 0 spiro atoms. The van der Waals surface area contributed by atoms with Gasteiger partial charge in [-0.15, -0.1) is 0 Å². The van der Waals surface area contributed by atoms with Gasteiger partial charge in [-0.1, -0.05) is 48.8 Å². The lowest BCUT2D eigenvalue weighted by Gasteiger charge is -2.22. The molecule has 160 valence electrons. The molecule has 0 bridgehead atoms. The van der Waals surface area contributed by atoms with Gasteiger partial charge < -0.3 is 15.1 Å². The fourth-order valence-electron chi connectivity index (χ4n) is 3.45.